The number of aromatic nitrogens is 1. The Kier molecular flexibility index (Phi) is 4.05. The molecule has 0 aromatic carbocycles. The van der Waals surface area contributed by atoms with Crippen LogP contribution < -0.4 is 4.74 Å². The summed E-state index contributed by atoms with van der Waals surface area (Å²) in [5.74, 6) is -0.850. The quantitative estimate of drug-likeness (QED) is 0.868. The molecular weight excluding hydrogens is 266 g/mol. The summed E-state index contributed by atoms with van der Waals surface area (Å²) in [4.78, 5) is 14.3. The zero-order valence-corrected chi connectivity index (χ0v) is 9.56. The predicted molar refractivity (Wildman–Crippen MR) is 55.7 cm³/mol. The zero-order valence-electron chi connectivity index (χ0n) is 7.98. The molecule has 0 radical (unpaired) electrons. The highest BCUT2D eigenvalue weighted by molar-refractivity contribution is 9.10. The summed E-state index contributed by atoms with van der Waals surface area (Å²) >= 11 is 3.18. The Hall–Kier alpha value is -1.14. The third-order valence-corrected chi connectivity index (χ3v) is 2.20. The first-order valence-electron chi connectivity index (χ1n) is 4.14. The molecule has 0 unspecified atom stereocenters. The van der Waals surface area contributed by atoms with Gasteiger partial charge in [0.25, 0.3) is 0 Å². The number of nitrogens with zero attached hydrogens (tertiary/aromatic N) is 1. The van der Waals surface area contributed by atoms with E-state index in [1.165, 1.54) is 13.3 Å². The first-order chi connectivity index (χ1) is 7.04. The van der Waals surface area contributed by atoms with Gasteiger partial charge in [0.2, 0.25) is 5.88 Å². The van der Waals surface area contributed by atoms with Crippen molar-refractivity contribution in [1.82, 2.24) is 4.98 Å². The fourth-order valence-corrected chi connectivity index (χ4v) is 1.48. The fourth-order valence-electron chi connectivity index (χ4n) is 1.13. The number of carbonyl (C=O) groups is 1. The summed E-state index contributed by atoms with van der Waals surface area (Å²) in [5, 5.41) is 18.2. The molecule has 0 amide bonds. The van der Waals surface area contributed by atoms with Gasteiger partial charge in [-0.15, -0.1) is 0 Å². The number of halogens is 1. The van der Waals surface area contributed by atoms with E-state index in [9.17, 15) is 9.90 Å². The van der Waals surface area contributed by atoms with Crippen molar-refractivity contribution in [2.75, 3.05) is 7.11 Å². The number of ether oxygens (including phenoxy) is 1. The molecule has 0 saturated carbocycles. The number of hydrogen-bond donors (Lipinski definition) is 2. The Morgan fingerprint density at radius 1 is 1.73 bits per heavy atom. The van der Waals surface area contributed by atoms with Gasteiger partial charge in [0, 0.05) is 16.2 Å². The maximum absolute atomic E-state index is 10.4. The zero-order chi connectivity index (χ0) is 11.4. The third kappa shape index (κ3) is 3.17. The number of rotatable bonds is 4. The third-order valence-electron chi connectivity index (χ3n) is 1.77. The van der Waals surface area contributed by atoms with Crippen molar-refractivity contribution >= 4 is 21.9 Å². The van der Waals surface area contributed by atoms with Gasteiger partial charge < -0.3 is 14.9 Å². The van der Waals surface area contributed by atoms with Crippen LogP contribution in [0.15, 0.2) is 16.7 Å². The normalized spacial score (nSPS) is 12.2. The Labute approximate surface area is 94.8 Å². The highest BCUT2D eigenvalue weighted by atomic mass is 79.9. The Balaban J connectivity index is 2.99. The first kappa shape index (κ1) is 11.9. The lowest BCUT2D eigenvalue weighted by molar-refractivity contribution is -0.139. The SMILES string of the molecule is COc1ncc(Br)cc1[C@H](O)CC(=O)O. The average Bonchev–Trinajstić information content (AvgIpc) is 2.16. The van der Waals surface area contributed by atoms with E-state index in [1.54, 1.807) is 6.07 Å². The minimum atomic E-state index is -1.12. The number of aliphatic hydroxyl groups is 1. The van der Waals surface area contributed by atoms with Crippen LogP contribution in [0.2, 0.25) is 0 Å². The minimum absolute atomic E-state index is 0.229. The second kappa shape index (κ2) is 5.09. The lowest BCUT2D eigenvalue weighted by atomic mass is 10.1. The number of hydrogen-bond acceptors (Lipinski definition) is 4. The maximum Gasteiger partial charge on any atom is 0.306 e. The van der Waals surface area contributed by atoms with Crippen molar-refractivity contribution in [3.63, 3.8) is 0 Å². The van der Waals surface area contributed by atoms with Gasteiger partial charge in [-0.2, -0.15) is 0 Å². The van der Waals surface area contributed by atoms with Crippen LogP contribution >= 0.6 is 15.9 Å². The van der Waals surface area contributed by atoms with Crippen molar-refractivity contribution in [3.05, 3.63) is 22.3 Å². The molecule has 2 N–H and O–H groups in total. The lowest BCUT2D eigenvalue weighted by Gasteiger charge is -2.12. The van der Waals surface area contributed by atoms with E-state index >= 15 is 0 Å². The van der Waals surface area contributed by atoms with Gasteiger partial charge in [0.1, 0.15) is 0 Å². The number of aliphatic hydroxyl groups excluding tert-OH is 1. The van der Waals surface area contributed by atoms with Crippen LogP contribution in [-0.2, 0) is 4.79 Å². The summed E-state index contributed by atoms with van der Waals surface area (Å²) in [6.07, 6.45) is 0.00655. The Morgan fingerprint density at radius 3 is 2.93 bits per heavy atom. The Morgan fingerprint density at radius 2 is 2.40 bits per heavy atom. The summed E-state index contributed by atoms with van der Waals surface area (Å²) in [5.41, 5.74) is 0.356. The van der Waals surface area contributed by atoms with Crippen LogP contribution in [0, 0.1) is 0 Å². The number of aliphatic carboxylic acids is 1. The fraction of sp³-hybridized carbons (Fsp3) is 0.333. The van der Waals surface area contributed by atoms with E-state index in [1.807, 2.05) is 0 Å². The molecule has 0 aliphatic rings. The topological polar surface area (TPSA) is 79.7 Å². The second-order valence-electron chi connectivity index (χ2n) is 2.87. The smallest absolute Gasteiger partial charge is 0.306 e. The van der Waals surface area contributed by atoms with Gasteiger partial charge >= 0.3 is 5.97 Å². The van der Waals surface area contributed by atoms with E-state index in [0.717, 1.165) is 0 Å². The number of carboxylic acid groups (broad SMARTS) is 1. The highest BCUT2D eigenvalue weighted by Crippen LogP contribution is 2.27. The molecule has 0 bridgehead atoms. The first-order valence-corrected chi connectivity index (χ1v) is 4.93. The summed E-state index contributed by atoms with van der Waals surface area (Å²) in [6.45, 7) is 0. The van der Waals surface area contributed by atoms with Crippen LogP contribution in [0.5, 0.6) is 5.88 Å². The van der Waals surface area contributed by atoms with E-state index in [4.69, 9.17) is 9.84 Å². The molecule has 15 heavy (non-hydrogen) atoms. The van der Waals surface area contributed by atoms with Crippen molar-refractivity contribution < 1.29 is 19.7 Å². The predicted octanol–water partition coefficient (Wildman–Crippen LogP) is 1.36. The van der Waals surface area contributed by atoms with Crippen LogP contribution in [0.3, 0.4) is 0 Å². The van der Waals surface area contributed by atoms with Gasteiger partial charge in [-0.25, -0.2) is 4.98 Å². The minimum Gasteiger partial charge on any atom is -0.481 e. The molecule has 0 aliphatic carbocycles. The van der Waals surface area contributed by atoms with Crippen molar-refractivity contribution in [3.8, 4) is 5.88 Å². The molecular formula is C9H10BrNO4. The van der Waals surface area contributed by atoms with E-state index in [2.05, 4.69) is 20.9 Å². The molecule has 82 valence electrons. The number of carboxylic acids is 1. The van der Waals surface area contributed by atoms with Crippen molar-refractivity contribution in [2.24, 2.45) is 0 Å². The monoisotopic (exact) mass is 275 g/mol. The standard InChI is InChI=1S/C9H10BrNO4/c1-15-9-6(2-5(10)4-11-9)7(12)3-8(13)14/h2,4,7,12H,3H2,1H3,(H,13,14)/t7-/m1/s1. The molecule has 0 spiro atoms. The molecule has 6 heteroatoms. The lowest BCUT2D eigenvalue weighted by Crippen LogP contribution is -2.07. The van der Waals surface area contributed by atoms with Crippen molar-refractivity contribution in [2.45, 2.75) is 12.5 Å². The summed E-state index contributed by atoms with van der Waals surface area (Å²) < 4.78 is 5.57. The molecule has 1 aromatic heterocycles. The molecule has 1 rings (SSSR count). The van der Waals surface area contributed by atoms with Crippen LogP contribution in [0.1, 0.15) is 18.1 Å². The molecule has 0 saturated heterocycles. The molecule has 1 heterocycles. The van der Waals surface area contributed by atoms with E-state index in [0.29, 0.717) is 10.0 Å². The van der Waals surface area contributed by atoms with E-state index in [-0.39, 0.29) is 12.3 Å². The Bertz CT molecular complexity index is 369. The largest absolute Gasteiger partial charge is 0.481 e. The molecule has 1 aromatic rings. The molecule has 0 fully saturated rings. The van der Waals surface area contributed by atoms with Gasteiger partial charge in [-0.3, -0.25) is 4.79 Å². The van der Waals surface area contributed by atoms with Gasteiger partial charge in [0.15, 0.2) is 0 Å². The van der Waals surface area contributed by atoms with Gasteiger partial charge in [-0.1, -0.05) is 0 Å². The highest BCUT2D eigenvalue weighted by Gasteiger charge is 2.17. The van der Waals surface area contributed by atoms with E-state index < -0.39 is 12.1 Å². The molecule has 0 aliphatic heterocycles. The maximum atomic E-state index is 10.4. The van der Waals surface area contributed by atoms with Crippen LogP contribution in [0.4, 0.5) is 0 Å². The average molecular weight is 276 g/mol. The molecule has 1 atom stereocenters. The van der Waals surface area contributed by atoms with Crippen molar-refractivity contribution in [1.29, 1.82) is 0 Å². The van der Waals surface area contributed by atoms with Crippen LogP contribution in [0.25, 0.3) is 0 Å². The summed E-state index contributed by atoms with van der Waals surface area (Å²) in [7, 11) is 1.41. The number of pyridine rings is 1. The second-order valence-corrected chi connectivity index (χ2v) is 3.78. The van der Waals surface area contributed by atoms with Gasteiger partial charge in [0.05, 0.1) is 19.6 Å². The van der Waals surface area contributed by atoms with Crippen LogP contribution in [-0.4, -0.2) is 28.3 Å². The summed E-state index contributed by atoms with van der Waals surface area (Å²) in [6, 6.07) is 1.58. The molecule has 5 nitrogen and oxygen atoms in total. The number of methoxy groups -OCH3 is 1. The van der Waals surface area contributed by atoms with Gasteiger partial charge in [-0.05, 0) is 22.0 Å².